The zero-order chi connectivity index (χ0) is 8.32. The predicted octanol–water partition coefficient (Wildman–Crippen LogP) is 1.53. The van der Waals surface area contributed by atoms with Crippen LogP contribution in [0.15, 0.2) is 30.3 Å². The molecule has 1 aromatic rings. The van der Waals surface area contributed by atoms with Crippen molar-refractivity contribution in [1.82, 2.24) is 0 Å². The summed E-state index contributed by atoms with van der Waals surface area (Å²) >= 11 is 0. The average molecular weight is 146 g/mol. The van der Waals surface area contributed by atoms with Gasteiger partial charge in [0.25, 0.3) is 0 Å². The van der Waals surface area contributed by atoms with E-state index in [4.69, 9.17) is 6.42 Å². The van der Waals surface area contributed by atoms with Gasteiger partial charge in [-0.15, -0.1) is 6.42 Å². The van der Waals surface area contributed by atoms with Crippen molar-refractivity contribution in [3.05, 3.63) is 35.9 Å². The zero-order valence-corrected chi connectivity index (χ0v) is 6.41. The monoisotopic (exact) mass is 146 g/mol. The minimum Gasteiger partial charge on any atom is -0.374 e. The van der Waals surface area contributed by atoms with Gasteiger partial charge in [0.15, 0.2) is 0 Å². The Kier molecular flexibility index (Phi) is 1.98. The first-order chi connectivity index (χ1) is 5.17. The molecular weight excluding hydrogens is 136 g/mol. The topological polar surface area (TPSA) is 20.2 Å². The summed E-state index contributed by atoms with van der Waals surface area (Å²) < 4.78 is 0. The van der Waals surface area contributed by atoms with Crippen molar-refractivity contribution in [2.75, 3.05) is 0 Å². The lowest BCUT2D eigenvalue weighted by Gasteiger charge is -2.15. The second-order valence-electron chi connectivity index (χ2n) is 2.58. The lowest BCUT2D eigenvalue weighted by atomic mass is 9.97. The second kappa shape index (κ2) is 2.77. The van der Waals surface area contributed by atoms with E-state index in [0.29, 0.717) is 0 Å². The molecule has 0 aliphatic heterocycles. The molecule has 0 spiro atoms. The van der Waals surface area contributed by atoms with Crippen molar-refractivity contribution in [3.63, 3.8) is 0 Å². The quantitative estimate of drug-likeness (QED) is 0.596. The number of hydrogen-bond acceptors (Lipinski definition) is 1. The Morgan fingerprint density at radius 1 is 1.36 bits per heavy atom. The maximum absolute atomic E-state index is 9.56. The maximum atomic E-state index is 9.56. The first-order valence-electron chi connectivity index (χ1n) is 3.42. The highest BCUT2D eigenvalue weighted by atomic mass is 16.3. The van der Waals surface area contributed by atoms with E-state index in [1.807, 2.05) is 18.2 Å². The van der Waals surface area contributed by atoms with Gasteiger partial charge in [0.2, 0.25) is 0 Å². The van der Waals surface area contributed by atoms with Crippen molar-refractivity contribution < 1.29 is 5.11 Å². The summed E-state index contributed by atoms with van der Waals surface area (Å²) in [6, 6.07) is 9.19. The Morgan fingerprint density at radius 3 is 2.36 bits per heavy atom. The Balaban J connectivity index is 3.05. The van der Waals surface area contributed by atoms with E-state index < -0.39 is 5.60 Å². The summed E-state index contributed by atoms with van der Waals surface area (Å²) in [5, 5.41) is 9.56. The second-order valence-corrected chi connectivity index (χ2v) is 2.58. The van der Waals surface area contributed by atoms with E-state index in [0.717, 1.165) is 5.56 Å². The van der Waals surface area contributed by atoms with E-state index >= 15 is 0 Å². The van der Waals surface area contributed by atoms with E-state index in [9.17, 15) is 5.11 Å². The predicted molar refractivity (Wildman–Crippen MR) is 44.8 cm³/mol. The normalized spacial score (nSPS) is 15.0. The summed E-state index contributed by atoms with van der Waals surface area (Å²) in [4.78, 5) is 0. The molecule has 0 bridgehead atoms. The summed E-state index contributed by atoms with van der Waals surface area (Å²) in [6.07, 6.45) is 5.14. The molecule has 0 aliphatic carbocycles. The van der Waals surface area contributed by atoms with Crippen LogP contribution < -0.4 is 0 Å². The van der Waals surface area contributed by atoms with Crippen LogP contribution in [0, 0.1) is 12.3 Å². The largest absolute Gasteiger partial charge is 0.374 e. The van der Waals surface area contributed by atoms with Gasteiger partial charge in [-0.2, -0.15) is 0 Å². The fourth-order valence-corrected chi connectivity index (χ4v) is 0.846. The van der Waals surface area contributed by atoms with Crippen molar-refractivity contribution in [3.8, 4) is 12.3 Å². The highest BCUT2D eigenvalue weighted by Crippen LogP contribution is 2.17. The third kappa shape index (κ3) is 1.60. The van der Waals surface area contributed by atoms with Crippen LogP contribution in [0.3, 0.4) is 0 Å². The highest BCUT2D eigenvalue weighted by Gasteiger charge is 2.17. The standard InChI is InChI=1S/C10H10O/c1-3-10(2,11)9-7-5-4-6-8-9/h1,4-8,11H,2H3/t10-/m0/s1. The molecule has 0 fully saturated rings. The zero-order valence-electron chi connectivity index (χ0n) is 6.41. The van der Waals surface area contributed by atoms with Crippen LogP contribution in [0.4, 0.5) is 0 Å². The van der Waals surface area contributed by atoms with Gasteiger partial charge in [-0.3, -0.25) is 0 Å². The van der Waals surface area contributed by atoms with Crippen LogP contribution in [0.1, 0.15) is 12.5 Å². The molecule has 0 unspecified atom stereocenters. The summed E-state index contributed by atoms with van der Waals surface area (Å²) in [6.45, 7) is 1.60. The Labute approximate surface area is 66.7 Å². The molecule has 1 aromatic carbocycles. The number of benzene rings is 1. The van der Waals surface area contributed by atoms with Gasteiger partial charge in [-0.05, 0) is 12.5 Å². The summed E-state index contributed by atoms with van der Waals surface area (Å²) in [5.41, 5.74) is -0.385. The molecule has 0 saturated carbocycles. The molecule has 1 rings (SSSR count). The molecule has 56 valence electrons. The van der Waals surface area contributed by atoms with Crippen molar-refractivity contribution in [1.29, 1.82) is 0 Å². The molecule has 0 aliphatic rings. The van der Waals surface area contributed by atoms with Gasteiger partial charge in [0.05, 0.1) is 0 Å². The first kappa shape index (κ1) is 7.84. The fourth-order valence-electron chi connectivity index (χ4n) is 0.846. The number of rotatable bonds is 1. The average Bonchev–Trinajstić information content (AvgIpc) is 2.06. The van der Waals surface area contributed by atoms with Crippen LogP contribution in [-0.4, -0.2) is 5.11 Å². The maximum Gasteiger partial charge on any atom is 0.147 e. The molecule has 0 aromatic heterocycles. The lowest BCUT2D eigenvalue weighted by molar-refractivity contribution is 0.122. The summed E-state index contributed by atoms with van der Waals surface area (Å²) in [5.74, 6) is 2.31. The number of aliphatic hydroxyl groups is 1. The minimum atomic E-state index is -1.14. The van der Waals surface area contributed by atoms with Crippen molar-refractivity contribution in [2.24, 2.45) is 0 Å². The van der Waals surface area contributed by atoms with E-state index in [-0.39, 0.29) is 0 Å². The molecule has 1 atom stereocenters. The van der Waals surface area contributed by atoms with Gasteiger partial charge < -0.3 is 5.11 Å². The van der Waals surface area contributed by atoms with Gasteiger partial charge >= 0.3 is 0 Å². The highest BCUT2D eigenvalue weighted by molar-refractivity contribution is 5.28. The van der Waals surface area contributed by atoms with Gasteiger partial charge in [-0.25, -0.2) is 0 Å². The van der Waals surface area contributed by atoms with Gasteiger partial charge in [0, 0.05) is 0 Å². The van der Waals surface area contributed by atoms with Gasteiger partial charge in [0.1, 0.15) is 5.60 Å². The smallest absolute Gasteiger partial charge is 0.147 e. The Morgan fingerprint density at radius 2 is 1.91 bits per heavy atom. The van der Waals surface area contributed by atoms with Crippen LogP contribution in [0.2, 0.25) is 0 Å². The van der Waals surface area contributed by atoms with Crippen LogP contribution in [0.5, 0.6) is 0 Å². The van der Waals surface area contributed by atoms with Crippen LogP contribution in [-0.2, 0) is 5.60 Å². The molecule has 0 saturated heterocycles. The minimum absolute atomic E-state index is 0.752. The van der Waals surface area contributed by atoms with E-state index in [1.54, 1.807) is 19.1 Å². The van der Waals surface area contributed by atoms with Crippen LogP contribution in [0.25, 0.3) is 0 Å². The van der Waals surface area contributed by atoms with Crippen molar-refractivity contribution in [2.45, 2.75) is 12.5 Å². The third-order valence-electron chi connectivity index (χ3n) is 1.62. The molecule has 1 N–H and O–H groups in total. The third-order valence-corrected chi connectivity index (χ3v) is 1.62. The van der Waals surface area contributed by atoms with Crippen LogP contribution >= 0.6 is 0 Å². The first-order valence-corrected chi connectivity index (χ1v) is 3.42. The number of hydrogen-bond donors (Lipinski definition) is 1. The Bertz CT molecular complexity index is 267. The fraction of sp³-hybridized carbons (Fsp3) is 0.200. The van der Waals surface area contributed by atoms with E-state index in [2.05, 4.69) is 5.92 Å². The molecule has 1 nitrogen and oxygen atoms in total. The summed E-state index contributed by atoms with van der Waals surface area (Å²) in [7, 11) is 0. The number of terminal acetylenes is 1. The van der Waals surface area contributed by atoms with Crippen molar-refractivity contribution >= 4 is 0 Å². The molecule has 1 heteroatoms. The van der Waals surface area contributed by atoms with E-state index in [1.165, 1.54) is 0 Å². The van der Waals surface area contributed by atoms with Gasteiger partial charge in [-0.1, -0.05) is 36.3 Å². The Hall–Kier alpha value is -1.26. The molecule has 0 radical (unpaired) electrons. The lowest BCUT2D eigenvalue weighted by Crippen LogP contribution is -2.17. The molecule has 11 heavy (non-hydrogen) atoms. The SMILES string of the molecule is C#C[C@](C)(O)c1ccccc1. The molecule has 0 heterocycles. The molecular formula is C10H10O. The molecule has 0 amide bonds.